The van der Waals surface area contributed by atoms with Crippen molar-refractivity contribution in [1.29, 1.82) is 0 Å². The molecule has 74 valence electrons. The third-order valence-electron chi connectivity index (χ3n) is 2.62. The van der Waals surface area contributed by atoms with Crippen molar-refractivity contribution in [2.24, 2.45) is 5.92 Å². The van der Waals surface area contributed by atoms with Crippen LogP contribution in [-0.4, -0.2) is 35.1 Å². The first-order valence-electron chi connectivity index (χ1n) is 4.73. The van der Waals surface area contributed by atoms with Gasteiger partial charge in [-0.3, -0.25) is 9.69 Å². The van der Waals surface area contributed by atoms with Crippen molar-refractivity contribution in [2.75, 3.05) is 13.1 Å². The lowest BCUT2D eigenvalue weighted by molar-refractivity contribution is -0.145. The molecule has 0 aromatic rings. The predicted molar refractivity (Wildman–Crippen MR) is 51.6 cm³/mol. The molecule has 1 heterocycles. The van der Waals surface area contributed by atoms with Gasteiger partial charge in [-0.2, -0.15) is 0 Å². The molecule has 0 spiro atoms. The zero-order valence-electron chi connectivity index (χ0n) is 8.07. The SMILES string of the molecule is C=CCN1CCC(C)CC1C(=O)O. The highest BCUT2D eigenvalue weighted by Crippen LogP contribution is 2.22. The molecule has 3 nitrogen and oxygen atoms in total. The van der Waals surface area contributed by atoms with Gasteiger partial charge in [-0.25, -0.2) is 0 Å². The van der Waals surface area contributed by atoms with E-state index in [1.165, 1.54) is 0 Å². The zero-order chi connectivity index (χ0) is 9.84. The summed E-state index contributed by atoms with van der Waals surface area (Å²) in [6.07, 6.45) is 3.63. The number of carboxylic acids is 1. The summed E-state index contributed by atoms with van der Waals surface area (Å²) in [5.41, 5.74) is 0. The first-order chi connectivity index (χ1) is 6.15. The van der Waals surface area contributed by atoms with Crippen LogP contribution in [0.2, 0.25) is 0 Å². The minimum atomic E-state index is -0.701. The Morgan fingerprint density at radius 1 is 1.77 bits per heavy atom. The Labute approximate surface area is 79.0 Å². The summed E-state index contributed by atoms with van der Waals surface area (Å²) >= 11 is 0. The van der Waals surface area contributed by atoms with Gasteiger partial charge < -0.3 is 5.11 Å². The average molecular weight is 183 g/mol. The standard InChI is InChI=1S/C10H17NO2/c1-3-5-11-6-4-8(2)7-9(11)10(12)13/h3,8-9H,1,4-7H2,2H3,(H,12,13). The van der Waals surface area contributed by atoms with Crippen molar-refractivity contribution < 1.29 is 9.90 Å². The quantitative estimate of drug-likeness (QED) is 0.671. The molecule has 3 heteroatoms. The summed E-state index contributed by atoms with van der Waals surface area (Å²) in [6, 6.07) is -0.304. The Morgan fingerprint density at radius 2 is 2.46 bits per heavy atom. The minimum absolute atomic E-state index is 0.304. The number of hydrogen-bond donors (Lipinski definition) is 1. The van der Waals surface area contributed by atoms with Gasteiger partial charge >= 0.3 is 5.97 Å². The summed E-state index contributed by atoms with van der Waals surface area (Å²) in [4.78, 5) is 12.9. The molecule has 0 aliphatic carbocycles. The van der Waals surface area contributed by atoms with Crippen LogP contribution in [0.5, 0.6) is 0 Å². The molecule has 1 aliphatic rings. The highest BCUT2D eigenvalue weighted by atomic mass is 16.4. The van der Waals surface area contributed by atoms with Gasteiger partial charge in [0.15, 0.2) is 0 Å². The van der Waals surface area contributed by atoms with E-state index in [1.807, 2.05) is 4.90 Å². The molecule has 1 saturated heterocycles. The Morgan fingerprint density at radius 3 is 3.00 bits per heavy atom. The lowest BCUT2D eigenvalue weighted by Gasteiger charge is -2.35. The summed E-state index contributed by atoms with van der Waals surface area (Å²) in [6.45, 7) is 7.31. The fraction of sp³-hybridized carbons (Fsp3) is 0.700. The van der Waals surface area contributed by atoms with Crippen LogP contribution in [0.4, 0.5) is 0 Å². The van der Waals surface area contributed by atoms with E-state index < -0.39 is 5.97 Å². The molecule has 0 bridgehead atoms. The van der Waals surface area contributed by atoms with Gasteiger partial charge in [-0.05, 0) is 25.3 Å². The van der Waals surface area contributed by atoms with Gasteiger partial charge in [0, 0.05) is 6.54 Å². The zero-order valence-corrected chi connectivity index (χ0v) is 8.07. The number of likely N-dealkylation sites (tertiary alicyclic amines) is 1. The molecule has 0 aromatic carbocycles. The number of rotatable bonds is 3. The molecular weight excluding hydrogens is 166 g/mol. The largest absolute Gasteiger partial charge is 0.480 e. The Balaban J connectivity index is 2.60. The van der Waals surface area contributed by atoms with Crippen LogP contribution in [0.25, 0.3) is 0 Å². The first-order valence-corrected chi connectivity index (χ1v) is 4.73. The Bertz CT molecular complexity index is 203. The number of hydrogen-bond acceptors (Lipinski definition) is 2. The molecule has 0 aromatic heterocycles. The second-order valence-electron chi connectivity index (χ2n) is 3.77. The van der Waals surface area contributed by atoms with E-state index in [9.17, 15) is 4.79 Å². The highest BCUT2D eigenvalue weighted by molar-refractivity contribution is 5.73. The lowest BCUT2D eigenvalue weighted by atomic mass is 9.92. The molecule has 2 atom stereocenters. The molecule has 0 saturated carbocycles. The average Bonchev–Trinajstić information content (AvgIpc) is 2.08. The summed E-state index contributed by atoms with van der Waals surface area (Å²) in [5, 5.41) is 8.98. The van der Waals surface area contributed by atoms with Crippen molar-refractivity contribution in [3.63, 3.8) is 0 Å². The topological polar surface area (TPSA) is 40.5 Å². The number of nitrogens with zero attached hydrogens (tertiary/aromatic N) is 1. The summed E-state index contributed by atoms with van der Waals surface area (Å²) in [7, 11) is 0. The second kappa shape index (κ2) is 4.42. The van der Waals surface area contributed by atoms with Gasteiger partial charge in [0.2, 0.25) is 0 Å². The van der Waals surface area contributed by atoms with Crippen LogP contribution in [0.15, 0.2) is 12.7 Å². The third-order valence-corrected chi connectivity index (χ3v) is 2.62. The van der Waals surface area contributed by atoms with Gasteiger partial charge in [-0.1, -0.05) is 13.0 Å². The highest BCUT2D eigenvalue weighted by Gasteiger charge is 2.30. The number of aliphatic carboxylic acids is 1. The fourth-order valence-corrected chi connectivity index (χ4v) is 1.83. The van der Waals surface area contributed by atoms with Crippen LogP contribution in [-0.2, 0) is 4.79 Å². The fourth-order valence-electron chi connectivity index (χ4n) is 1.83. The predicted octanol–water partition coefficient (Wildman–Crippen LogP) is 1.36. The first kappa shape index (κ1) is 10.3. The molecule has 0 radical (unpaired) electrons. The van der Waals surface area contributed by atoms with Crippen LogP contribution in [0, 0.1) is 5.92 Å². The molecule has 13 heavy (non-hydrogen) atoms. The molecule has 1 aliphatic heterocycles. The van der Waals surface area contributed by atoms with E-state index in [0.717, 1.165) is 19.4 Å². The summed E-state index contributed by atoms with van der Waals surface area (Å²) < 4.78 is 0. The van der Waals surface area contributed by atoms with E-state index in [2.05, 4.69) is 13.5 Å². The Hall–Kier alpha value is -0.830. The maximum absolute atomic E-state index is 10.9. The van der Waals surface area contributed by atoms with E-state index in [-0.39, 0.29) is 6.04 Å². The normalized spacial score (nSPS) is 29.9. The van der Waals surface area contributed by atoms with E-state index in [0.29, 0.717) is 12.5 Å². The maximum Gasteiger partial charge on any atom is 0.320 e. The lowest BCUT2D eigenvalue weighted by Crippen LogP contribution is -2.46. The van der Waals surface area contributed by atoms with Crippen molar-refractivity contribution in [2.45, 2.75) is 25.8 Å². The van der Waals surface area contributed by atoms with E-state index in [4.69, 9.17) is 5.11 Å². The number of piperidine rings is 1. The van der Waals surface area contributed by atoms with Crippen molar-refractivity contribution in [3.05, 3.63) is 12.7 Å². The maximum atomic E-state index is 10.9. The molecule has 1 N–H and O–H groups in total. The molecule has 1 rings (SSSR count). The van der Waals surface area contributed by atoms with Gasteiger partial charge in [0.1, 0.15) is 6.04 Å². The van der Waals surface area contributed by atoms with E-state index >= 15 is 0 Å². The minimum Gasteiger partial charge on any atom is -0.480 e. The summed E-state index contributed by atoms with van der Waals surface area (Å²) in [5.74, 6) is -0.171. The van der Waals surface area contributed by atoms with Gasteiger partial charge in [0.25, 0.3) is 0 Å². The molecule has 2 unspecified atom stereocenters. The molecule has 1 fully saturated rings. The Kier molecular flexibility index (Phi) is 3.48. The number of carbonyl (C=O) groups is 1. The molecule has 0 amide bonds. The van der Waals surface area contributed by atoms with Crippen molar-refractivity contribution in [1.82, 2.24) is 4.90 Å². The smallest absolute Gasteiger partial charge is 0.320 e. The van der Waals surface area contributed by atoms with Crippen molar-refractivity contribution in [3.8, 4) is 0 Å². The molecular formula is C10H17NO2. The van der Waals surface area contributed by atoms with Crippen LogP contribution in [0.3, 0.4) is 0 Å². The van der Waals surface area contributed by atoms with Crippen molar-refractivity contribution >= 4 is 5.97 Å². The number of carboxylic acid groups (broad SMARTS) is 1. The van der Waals surface area contributed by atoms with Crippen LogP contribution >= 0.6 is 0 Å². The van der Waals surface area contributed by atoms with E-state index in [1.54, 1.807) is 6.08 Å². The van der Waals surface area contributed by atoms with Gasteiger partial charge in [0.05, 0.1) is 0 Å². The third kappa shape index (κ3) is 2.56. The second-order valence-corrected chi connectivity index (χ2v) is 3.77. The monoisotopic (exact) mass is 183 g/mol. The van der Waals surface area contributed by atoms with Crippen LogP contribution < -0.4 is 0 Å². The van der Waals surface area contributed by atoms with Gasteiger partial charge in [-0.15, -0.1) is 6.58 Å². The van der Waals surface area contributed by atoms with Crippen LogP contribution in [0.1, 0.15) is 19.8 Å².